The maximum Gasteiger partial charge on any atom is 0.226 e. The van der Waals surface area contributed by atoms with Crippen LogP contribution in [0.25, 0.3) is 0 Å². The molecule has 216 valence electrons. The largest absolute Gasteiger partial charge is 0.394 e. The molecule has 0 bridgehead atoms. The number of rotatable bonds is 11. The third kappa shape index (κ3) is 7.42. The molecule has 2 aliphatic heterocycles. The lowest BCUT2D eigenvalue weighted by molar-refractivity contribution is -0.371. The predicted octanol–water partition coefficient (Wildman–Crippen LogP) is -3.62. The Labute approximate surface area is 215 Å². The third-order valence-corrected chi connectivity index (χ3v) is 6.83. The lowest BCUT2D eigenvalue weighted by atomic mass is 9.96. The van der Waals surface area contributed by atoms with Gasteiger partial charge in [-0.15, -0.1) is 0 Å². The number of nitrogens with one attached hydrogen (secondary N) is 1. The van der Waals surface area contributed by atoms with Gasteiger partial charge in [0.2, 0.25) is 5.91 Å². The number of hydrogen-bond donors (Lipinski definition) is 8. The standard InChI is InChI=1S/C23H41NO13/c1-8(2)14(10(4)27)24-21(33)9(3)11(5)34-23-20(18(31)16(29)13(7-26)36-23)37-22-19(32)17(30)15(28)12(6-25)35-22/h8-9,11-20,22-23,25-26,28-32H,6-7H2,1-5H3,(H,24,33)/t9-,11+,12?,13?,14-,15-,16-,17-,18-,19?,20?,22-,23+/m0/s1. The van der Waals surface area contributed by atoms with Crippen LogP contribution in [0.1, 0.15) is 34.6 Å². The minimum Gasteiger partial charge on any atom is -0.394 e. The van der Waals surface area contributed by atoms with E-state index in [1.54, 1.807) is 20.8 Å². The number of aliphatic hydroxyl groups is 7. The van der Waals surface area contributed by atoms with Crippen molar-refractivity contribution in [2.24, 2.45) is 11.8 Å². The fourth-order valence-corrected chi connectivity index (χ4v) is 4.21. The summed E-state index contributed by atoms with van der Waals surface area (Å²) in [6.07, 6.45) is -16.8. The molecule has 8 N–H and O–H groups in total. The molecule has 13 atom stereocenters. The first-order valence-corrected chi connectivity index (χ1v) is 12.3. The van der Waals surface area contributed by atoms with E-state index in [4.69, 9.17) is 18.9 Å². The van der Waals surface area contributed by atoms with Crippen LogP contribution in [0, 0.1) is 11.8 Å². The first-order valence-electron chi connectivity index (χ1n) is 12.3. The van der Waals surface area contributed by atoms with E-state index in [1.807, 2.05) is 0 Å². The molecule has 2 saturated heterocycles. The monoisotopic (exact) mass is 539 g/mol. The summed E-state index contributed by atoms with van der Waals surface area (Å²) in [4.78, 5) is 24.7. The molecule has 0 aliphatic carbocycles. The second kappa shape index (κ2) is 13.7. The summed E-state index contributed by atoms with van der Waals surface area (Å²) >= 11 is 0. The molecule has 2 heterocycles. The van der Waals surface area contributed by atoms with Crippen LogP contribution < -0.4 is 5.32 Å². The number of ether oxygens (including phenoxy) is 4. The van der Waals surface area contributed by atoms with Crippen LogP contribution in [0.2, 0.25) is 0 Å². The van der Waals surface area contributed by atoms with Crippen molar-refractivity contribution >= 4 is 11.7 Å². The van der Waals surface area contributed by atoms with Gasteiger partial charge >= 0.3 is 0 Å². The molecule has 0 radical (unpaired) electrons. The summed E-state index contributed by atoms with van der Waals surface area (Å²) in [6, 6.07) is -0.703. The van der Waals surface area contributed by atoms with Gasteiger partial charge in [-0.1, -0.05) is 20.8 Å². The summed E-state index contributed by atoms with van der Waals surface area (Å²) in [5.74, 6) is -1.67. The Balaban J connectivity index is 2.20. The topological polar surface area (TPSA) is 225 Å². The van der Waals surface area contributed by atoms with Gasteiger partial charge < -0.3 is 60.0 Å². The minimum atomic E-state index is -1.81. The number of amides is 1. The zero-order valence-electron chi connectivity index (χ0n) is 21.6. The van der Waals surface area contributed by atoms with E-state index in [1.165, 1.54) is 13.8 Å². The van der Waals surface area contributed by atoms with Crippen molar-refractivity contribution in [2.45, 2.75) is 108 Å². The molecule has 0 aromatic carbocycles. The van der Waals surface area contributed by atoms with Crippen molar-refractivity contribution in [1.29, 1.82) is 0 Å². The molecule has 2 aliphatic rings. The van der Waals surface area contributed by atoms with Crippen LogP contribution >= 0.6 is 0 Å². The Morgan fingerprint density at radius 3 is 1.81 bits per heavy atom. The Bertz CT molecular complexity index is 752. The smallest absolute Gasteiger partial charge is 0.226 e. The highest BCUT2D eigenvalue weighted by Gasteiger charge is 2.51. The molecular weight excluding hydrogens is 498 g/mol. The number of Topliss-reactive ketones (excluding diaryl/α,β-unsaturated/α-hetero) is 1. The predicted molar refractivity (Wildman–Crippen MR) is 124 cm³/mol. The van der Waals surface area contributed by atoms with Crippen molar-refractivity contribution in [3.8, 4) is 0 Å². The molecule has 4 unspecified atom stereocenters. The quantitative estimate of drug-likeness (QED) is 0.127. The average molecular weight is 540 g/mol. The van der Waals surface area contributed by atoms with Crippen LogP contribution in [0.3, 0.4) is 0 Å². The Morgan fingerprint density at radius 2 is 1.32 bits per heavy atom. The van der Waals surface area contributed by atoms with Crippen LogP contribution in [-0.2, 0) is 28.5 Å². The summed E-state index contributed by atoms with van der Waals surface area (Å²) < 4.78 is 22.3. The molecule has 37 heavy (non-hydrogen) atoms. The first kappa shape index (κ1) is 31.9. The summed E-state index contributed by atoms with van der Waals surface area (Å²) in [6.45, 7) is 6.61. The molecule has 0 saturated carbocycles. The zero-order chi connectivity index (χ0) is 28.2. The fourth-order valence-electron chi connectivity index (χ4n) is 4.21. The highest BCUT2D eigenvalue weighted by Crippen LogP contribution is 2.30. The van der Waals surface area contributed by atoms with Crippen molar-refractivity contribution in [3.05, 3.63) is 0 Å². The lowest BCUT2D eigenvalue weighted by Crippen LogP contribution is -2.65. The van der Waals surface area contributed by atoms with E-state index >= 15 is 0 Å². The van der Waals surface area contributed by atoms with Gasteiger partial charge in [0.15, 0.2) is 18.4 Å². The van der Waals surface area contributed by atoms with Gasteiger partial charge in [-0.25, -0.2) is 0 Å². The van der Waals surface area contributed by atoms with Crippen LogP contribution in [0.4, 0.5) is 0 Å². The molecule has 0 spiro atoms. The summed E-state index contributed by atoms with van der Waals surface area (Å²) in [5, 5.41) is 73.0. The minimum absolute atomic E-state index is 0.148. The first-order chi connectivity index (χ1) is 17.2. The lowest BCUT2D eigenvalue weighted by Gasteiger charge is -2.46. The number of carbonyl (C=O) groups excluding carboxylic acids is 2. The molecule has 0 aromatic heterocycles. The van der Waals surface area contributed by atoms with Crippen molar-refractivity contribution in [2.75, 3.05) is 13.2 Å². The van der Waals surface area contributed by atoms with E-state index in [2.05, 4.69) is 5.32 Å². The highest BCUT2D eigenvalue weighted by atomic mass is 16.8. The van der Waals surface area contributed by atoms with Crippen LogP contribution in [-0.4, -0.2) is 134 Å². The van der Waals surface area contributed by atoms with Gasteiger partial charge in [0.25, 0.3) is 0 Å². The van der Waals surface area contributed by atoms with Crippen molar-refractivity contribution in [1.82, 2.24) is 5.32 Å². The molecule has 14 heteroatoms. The van der Waals surface area contributed by atoms with Crippen molar-refractivity contribution < 1.29 is 64.3 Å². The molecular formula is C23H41NO13. The molecule has 14 nitrogen and oxygen atoms in total. The second-order valence-corrected chi connectivity index (χ2v) is 9.98. The maximum atomic E-state index is 12.8. The van der Waals surface area contributed by atoms with Crippen LogP contribution in [0.5, 0.6) is 0 Å². The highest BCUT2D eigenvalue weighted by molar-refractivity contribution is 5.88. The van der Waals surface area contributed by atoms with Crippen molar-refractivity contribution in [3.63, 3.8) is 0 Å². The Hall–Kier alpha value is -1.30. The van der Waals surface area contributed by atoms with E-state index in [0.717, 1.165) is 0 Å². The van der Waals surface area contributed by atoms with Gasteiger partial charge in [-0.05, 0) is 19.8 Å². The van der Waals surface area contributed by atoms with Gasteiger partial charge in [0, 0.05) is 0 Å². The number of hydrogen-bond acceptors (Lipinski definition) is 13. The number of carbonyl (C=O) groups is 2. The van der Waals surface area contributed by atoms with Gasteiger partial charge in [-0.2, -0.15) is 0 Å². The van der Waals surface area contributed by atoms with Gasteiger partial charge in [0.1, 0.15) is 48.8 Å². The summed E-state index contributed by atoms with van der Waals surface area (Å²) in [7, 11) is 0. The van der Waals surface area contributed by atoms with E-state index < -0.39 is 98.6 Å². The fraction of sp³-hybridized carbons (Fsp3) is 0.913. The van der Waals surface area contributed by atoms with Gasteiger partial charge in [-0.3, -0.25) is 9.59 Å². The third-order valence-electron chi connectivity index (χ3n) is 6.83. The Morgan fingerprint density at radius 1 is 0.811 bits per heavy atom. The molecule has 1 amide bonds. The van der Waals surface area contributed by atoms with E-state index in [9.17, 15) is 45.3 Å². The van der Waals surface area contributed by atoms with Crippen LogP contribution in [0.15, 0.2) is 0 Å². The maximum absolute atomic E-state index is 12.8. The van der Waals surface area contributed by atoms with E-state index in [0.29, 0.717) is 0 Å². The Kier molecular flexibility index (Phi) is 11.8. The summed E-state index contributed by atoms with van der Waals surface area (Å²) in [5.41, 5.74) is 0. The second-order valence-electron chi connectivity index (χ2n) is 9.98. The number of aliphatic hydroxyl groups excluding tert-OH is 7. The molecule has 2 rings (SSSR count). The zero-order valence-corrected chi connectivity index (χ0v) is 21.6. The average Bonchev–Trinajstić information content (AvgIpc) is 2.85. The SMILES string of the molecule is CC(=O)[C@@H](NC(=O)[C@@H](C)[C@@H](C)O[C@@H]1OC(CO)[C@H](O)[C@H](O)C1O[C@@H]1OC(CO)[C@H](O)[C@H](O)C1O)C(C)C. The molecule has 0 aromatic rings. The normalized spacial score (nSPS) is 39.2. The van der Waals surface area contributed by atoms with E-state index in [-0.39, 0.29) is 11.7 Å². The number of ketones is 1. The molecule has 2 fully saturated rings. The van der Waals surface area contributed by atoms with Gasteiger partial charge in [0.05, 0.1) is 31.3 Å².